The molecule has 9 heteroatoms. The van der Waals surface area contributed by atoms with Crippen LogP contribution in [0.15, 0.2) is 59.4 Å². The number of aromatic nitrogens is 2. The van der Waals surface area contributed by atoms with Crippen LogP contribution in [0.5, 0.6) is 17.2 Å². The second kappa shape index (κ2) is 10.6. The molecular weight excluding hydrogens is 412 g/mol. The van der Waals surface area contributed by atoms with E-state index >= 15 is 0 Å². The first-order chi connectivity index (χ1) is 15.5. The number of methoxy groups -OCH3 is 2. The van der Waals surface area contributed by atoms with E-state index in [4.69, 9.17) is 19.5 Å². The lowest BCUT2D eigenvalue weighted by Gasteiger charge is -2.11. The molecule has 0 aliphatic rings. The zero-order valence-corrected chi connectivity index (χ0v) is 17.7. The van der Waals surface area contributed by atoms with Crippen LogP contribution in [0.25, 0.3) is 11.3 Å². The molecule has 0 atom stereocenters. The van der Waals surface area contributed by atoms with Crippen molar-refractivity contribution in [2.45, 2.75) is 6.54 Å². The highest BCUT2D eigenvalue weighted by Crippen LogP contribution is 2.31. The van der Waals surface area contributed by atoms with Gasteiger partial charge in [0, 0.05) is 18.2 Å². The van der Waals surface area contributed by atoms with E-state index < -0.39 is 0 Å². The third-order valence-electron chi connectivity index (χ3n) is 4.55. The molecular formula is C23H22N4O5. The predicted octanol–water partition coefficient (Wildman–Crippen LogP) is 1.99. The van der Waals surface area contributed by atoms with E-state index in [0.717, 1.165) is 5.56 Å². The number of ether oxygens (including phenoxy) is 3. The van der Waals surface area contributed by atoms with Gasteiger partial charge in [0.2, 0.25) is 0 Å². The molecule has 3 rings (SSSR count). The molecule has 0 saturated heterocycles. The number of rotatable bonds is 9. The van der Waals surface area contributed by atoms with Crippen molar-refractivity contribution in [3.05, 3.63) is 70.5 Å². The zero-order valence-electron chi connectivity index (χ0n) is 17.7. The second-order valence-corrected chi connectivity index (χ2v) is 6.62. The maximum absolute atomic E-state index is 12.2. The van der Waals surface area contributed by atoms with Crippen molar-refractivity contribution in [2.75, 3.05) is 27.4 Å². The van der Waals surface area contributed by atoms with Crippen LogP contribution in [0.3, 0.4) is 0 Å². The molecule has 1 N–H and O–H groups in total. The number of hydrogen-bond donors (Lipinski definition) is 1. The first-order valence-electron chi connectivity index (χ1n) is 9.74. The summed E-state index contributed by atoms with van der Waals surface area (Å²) in [4.78, 5) is 24.2. The Balaban J connectivity index is 1.57. The summed E-state index contributed by atoms with van der Waals surface area (Å²) in [6.45, 7) is 0.223. The molecule has 1 aromatic heterocycles. The normalized spacial score (nSPS) is 10.2. The van der Waals surface area contributed by atoms with Crippen molar-refractivity contribution >= 4 is 5.91 Å². The molecule has 0 fully saturated rings. The molecule has 0 radical (unpaired) electrons. The molecule has 0 bridgehead atoms. The molecule has 164 valence electrons. The van der Waals surface area contributed by atoms with Gasteiger partial charge in [-0.3, -0.25) is 9.59 Å². The van der Waals surface area contributed by atoms with E-state index in [9.17, 15) is 9.59 Å². The summed E-state index contributed by atoms with van der Waals surface area (Å²) >= 11 is 0. The van der Waals surface area contributed by atoms with Gasteiger partial charge >= 0.3 is 0 Å². The fourth-order valence-electron chi connectivity index (χ4n) is 2.89. The average Bonchev–Trinajstić information content (AvgIpc) is 2.83. The molecule has 1 heterocycles. The number of nitrogens with one attached hydrogen (secondary N) is 1. The molecule has 0 spiro atoms. The van der Waals surface area contributed by atoms with Gasteiger partial charge in [0.05, 0.1) is 38.1 Å². The maximum atomic E-state index is 12.2. The van der Waals surface area contributed by atoms with Gasteiger partial charge in [-0.25, -0.2) is 4.68 Å². The van der Waals surface area contributed by atoms with Gasteiger partial charge in [0.15, 0.2) is 18.1 Å². The van der Waals surface area contributed by atoms with E-state index in [1.807, 2.05) is 12.1 Å². The lowest BCUT2D eigenvalue weighted by Crippen LogP contribution is -2.34. The highest BCUT2D eigenvalue weighted by molar-refractivity contribution is 5.77. The lowest BCUT2D eigenvalue weighted by atomic mass is 10.1. The Kier molecular flexibility index (Phi) is 7.43. The summed E-state index contributed by atoms with van der Waals surface area (Å²) < 4.78 is 17.2. The van der Waals surface area contributed by atoms with Gasteiger partial charge in [-0.2, -0.15) is 10.4 Å². The summed E-state index contributed by atoms with van der Waals surface area (Å²) in [5.41, 5.74) is 1.57. The maximum Gasteiger partial charge on any atom is 0.266 e. The highest BCUT2D eigenvalue weighted by Gasteiger charge is 2.09. The van der Waals surface area contributed by atoms with Gasteiger partial charge in [-0.1, -0.05) is 0 Å². The number of amides is 1. The SMILES string of the molecule is COc1ccc(-c2ccc(=O)n(CCNC(=O)COc3ccc(C#N)cc3)n2)cc1OC. The van der Waals surface area contributed by atoms with Crippen molar-refractivity contribution in [2.24, 2.45) is 0 Å². The number of nitrogens with zero attached hydrogens (tertiary/aromatic N) is 3. The van der Waals surface area contributed by atoms with E-state index in [1.165, 1.54) is 10.7 Å². The van der Waals surface area contributed by atoms with Crippen LogP contribution in [0.2, 0.25) is 0 Å². The Hall–Kier alpha value is -4.32. The topological polar surface area (TPSA) is 115 Å². The minimum atomic E-state index is -0.335. The molecule has 9 nitrogen and oxygen atoms in total. The van der Waals surface area contributed by atoms with Crippen molar-refractivity contribution < 1.29 is 19.0 Å². The van der Waals surface area contributed by atoms with Crippen LogP contribution in [-0.2, 0) is 11.3 Å². The molecule has 3 aromatic rings. The standard InChI is InChI=1S/C23H22N4O5/c1-30-20-9-5-17(13-21(20)31-2)19-8-10-23(29)27(26-19)12-11-25-22(28)15-32-18-6-3-16(14-24)4-7-18/h3-10,13H,11-12,15H2,1-2H3,(H,25,28). The largest absolute Gasteiger partial charge is 0.493 e. The van der Waals surface area contributed by atoms with Crippen molar-refractivity contribution in [3.63, 3.8) is 0 Å². The van der Waals surface area contributed by atoms with Crippen molar-refractivity contribution in [1.82, 2.24) is 15.1 Å². The van der Waals surface area contributed by atoms with Crippen molar-refractivity contribution in [3.8, 4) is 34.6 Å². The van der Waals surface area contributed by atoms with Crippen LogP contribution >= 0.6 is 0 Å². The number of benzene rings is 2. The Morgan fingerprint density at radius 2 is 1.81 bits per heavy atom. The van der Waals surface area contributed by atoms with Gasteiger partial charge < -0.3 is 19.5 Å². The Bertz CT molecular complexity index is 1180. The molecule has 0 saturated carbocycles. The molecule has 0 aliphatic heterocycles. The summed E-state index contributed by atoms with van der Waals surface area (Å²) in [5, 5.41) is 15.9. The van der Waals surface area contributed by atoms with Crippen LogP contribution in [-0.4, -0.2) is 43.1 Å². The molecule has 0 unspecified atom stereocenters. The first kappa shape index (κ1) is 22.4. The third-order valence-corrected chi connectivity index (χ3v) is 4.55. The summed E-state index contributed by atoms with van der Waals surface area (Å²) in [6, 6.07) is 16.9. The molecule has 32 heavy (non-hydrogen) atoms. The van der Waals surface area contributed by atoms with E-state index in [0.29, 0.717) is 28.5 Å². The van der Waals surface area contributed by atoms with E-state index in [-0.39, 0.29) is 31.2 Å². The smallest absolute Gasteiger partial charge is 0.266 e. The Labute approximate surface area is 184 Å². The highest BCUT2D eigenvalue weighted by atomic mass is 16.5. The third kappa shape index (κ3) is 5.64. The lowest BCUT2D eigenvalue weighted by molar-refractivity contribution is -0.123. The second-order valence-electron chi connectivity index (χ2n) is 6.62. The minimum Gasteiger partial charge on any atom is -0.493 e. The van der Waals surface area contributed by atoms with Gasteiger partial charge in [-0.05, 0) is 48.5 Å². The fraction of sp³-hybridized carbons (Fsp3) is 0.217. The van der Waals surface area contributed by atoms with Crippen molar-refractivity contribution in [1.29, 1.82) is 5.26 Å². The van der Waals surface area contributed by atoms with Crippen LogP contribution in [0.4, 0.5) is 0 Å². The van der Waals surface area contributed by atoms with Crippen LogP contribution in [0, 0.1) is 11.3 Å². The quantitative estimate of drug-likeness (QED) is 0.548. The monoisotopic (exact) mass is 434 g/mol. The molecule has 2 aromatic carbocycles. The fourth-order valence-corrected chi connectivity index (χ4v) is 2.89. The van der Waals surface area contributed by atoms with Gasteiger partial charge in [0.1, 0.15) is 5.75 Å². The summed E-state index contributed by atoms with van der Waals surface area (Å²) in [6.07, 6.45) is 0. The van der Waals surface area contributed by atoms with E-state index in [2.05, 4.69) is 10.4 Å². The number of carbonyl (C=O) groups is 1. The summed E-state index contributed by atoms with van der Waals surface area (Å²) in [7, 11) is 3.10. The number of nitriles is 1. The Morgan fingerprint density at radius 1 is 1.06 bits per heavy atom. The minimum absolute atomic E-state index is 0.181. The average molecular weight is 434 g/mol. The van der Waals surface area contributed by atoms with Crippen LogP contribution < -0.4 is 25.1 Å². The summed E-state index contributed by atoms with van der Waals surface area (Å²) in [5.74, 6) is 1.30. The number of carbonyl (C=O) groups excluding carboxylic acids is 1. The van der Waals surface area contributed by atoms with Gasteiger partial charge in [-0.15, -0.1) is 0 Å². The first-order valence-corrected chi connectivity index (χ1v) is 9.74. The molecule has 0 aliphatic carbocycles. The Morgan fingerprint density at radius 3 is 2.50 bits per heavy atom. The van der Waals surface area contributed by atoms with E-state index in [1.54, 1.807) is 56.7 Å². The number of hydrogen-bond acceptors (Lipinski definition) is 7. The molecule has 1 amide bonds. The van der Waals surface area contributed by atoms with Gasteiger partial charge in [0.25, 0.3) is 11.5 Å². The van der Waals surface area contributed by atoms with Crippen LogP contribution in [0.1, 0.15) is 5.56 Å². The zero-order chi connectivity index (χ0) is 22.9. The predicted molar refractivity (Wildman–Crippen MR) is 117 cm³/mol.